The van der Waals surface area contributed by atoms with E-state index in [9.17, 15) is 5.41 Å². The third kappa shape index (κ3) is 3.91. The Kier molecular flexibility index (Phi) is 6.62. The monoisotopic (exact) mass is 687 g/mol. The van der Waals surface area contributed by atoms with Crippen molar-refractivity contribution in [1.82, 2.24) is 9.38 Å². The van der Waals surface area contributed by atoms with Crippen molar-refractivity contribution in [3.63, 3.8) is 0 Å². The van der Waals surface area contributed by atoms with Gasteiger partial charge in [-0.15, -0.1) is 0 Å². The Morgan fingerprint density at radius 2 is 1.44 bits per heavy atom. The van der Waals surface area contributed by atoms with Crippen LogP contribution in [0.2, 0.25) is 0 Å². The van der Waals surface area contributed by atoms with Gasteiger partial charge >= 0.3 is 285 Å². The van der Waals surface area contributed by atoms with Gasteiger partial charge in [0.1, 0.15) is 0 Å². The number of nitrogens with zero attached hydrogens (tertiary/aromatic N) is 2. The minimum absolute atomic E-state index is 0.321. The zero-order valence-corrected chi connectivity index (χ0v) is 30.6. The van der Waals surface area contributed by atoms with Gasteiger partial charge in [-0.25, -0.2) is 0 Å². The third-order valence-electron chi connectivity index (χ3n) is 14.0. The average Bonchev–Trinajstić information content (AvgIpc) is 3.82. The van der Waals surface area contributed by atoms with Crippen LogP contribution in [0, 0.1) is 47.1 Å². The van der Waals surface area contributed by atoms with Crippen LogP contribution in [-0.4, -0.2) is 20.8 Å². The summed E-state index contributed by atoms with van der Waals surface area (Å²) in [4.78, 5) is 5.50. The zero-order chi connectivity index (χ0) is 33.1. The zero-order valence-electron chi connectivity index (χ0n) is 28.4. The molecule has 5 heteroatoms. The summed E-state index contributed by atoms with van der Waals surface area (Å²) in [6.07, 6.45) is 20.1. The molecule has 5 aliphatic rings. The number of benzene rings is 3. The molecule has 0 radical (unpaired) electrons. The molecule has 0 saturated heterocycles. The Morgan fingerprint density at radius 1 is 0.760 bits per heavy atom. The summed E-state index contributed by atoms with van der Waals surface area (Å²) >= 11 is 0. The topological polar surface area (TPSA) is 41.2 Å². The molecule has 0 bridgehead atoms. The van der Waals surface area contributed by atoms with E-state index in [0.29, 0.717) is 29.3 Å². The van der Waals surface area contributed by atoms with Crippen molar-refractivity contribution in [2.24, 2.45) is 29.6 Å². The van der Waals surface area contributed by atoms with Crippen molar-refractivity contribution in [3.8, 4) is 0 Å². The van der Waals surface area contributed by atoms with E-state index >= 15 is 0 Å². The molecule has 0 spiro atoms. The molecule has 3 heterocycles. The van der Waals surface area contributed by atoms with Gasteiger partial charge in [0.15, 0.2) is 0 Å². The third-order valence-corrected chi connectivity index (χ3v) is 21.3. The first-order valence-corrected chi connectivity index (χ1v) is 22.9. The number of imidazole rings is 1. The van der Waals surface area contributed by atoms with E-state index in [1.807, 2.05) is 0 Å². The first kappa shape index (κ1) is 29.9. The molecule has 3 fully saturated rings. The number of nitrogens with one attached hydrogen (secondary N) is 1. The van der Waals surface area contributed by atoms with Gasteiger partial charge in [-0.2, -0.15) is 0 Å². The molecule has 50 heavy (non-hydrogen) atoms. The van der Waals surface area contributed by atoms with Gasteiger partial charge in [0.2, 0.25) is 0 Å². The first-order valence-electron chi connectivity index (χ1n) is 19.0. The summed E-state index contributed by atoms with van der Waals surface area (Å²) in [5.41, 5.74) is 7.74. The molecule has 3 nitrogen and oxygen atoms in total. The standard InChI is InChI=1S/C45H43N3P2/c46-43(41-31-17-3-1-13-27(31)28-14-2-4-18-32(28)41)35-21-11-23-37-44(35)47-45-34-20-6-5-19-33(34)42-36(48(37)45)22-12-26-40(42)50(49)38-24-9-7-15-29(38)30-16-8-10-25-39(30)50/h5-10,12,15-16,19-20,22-29,31-32,38,41,46,50H,1-4,13-14,17-18,49H2. The molecule has 1 N–H and O–H groups in total. The van der Waals surface area contributed by atoms with Gasteiger partial charge in [-0.1, -0.05) is 12.8 Å². The molecule has 7 unspecified atom stereocenters. The van der Waals surface area contributed by atoms with Gasteiger partial charge in [0.25, 0.3) is 0 Å². The summed E-state index contributed by atoms with van der Waals surface area (Å²) in [6, 6.07) is 34.1. The Morgan fingerprint density at radius 3 is 2.24 bits per heavy atom. The molecule has 6 aromatic rings. The molecule has 7 atom stereocenters. The number of fused-ring (bicyclic) bond motifs is 14. The van der Waals surface area contributed by atoms with Crippen LogP contribution >= 0.6 is 15.9 Å². The molecule has 248 valence electrons. The number of allylic oxidation sites excluding steroid dienone is 4. The van der Waals surface area contributed by atoms with Crippen LogP contribution in [0.4, 0.5) is 0 Å². The van der Waals surface area contributed by atoms with E-state index in [1.165, 1.54) is 89.2 Å². The van der Waals surface area contributed by atoms with Gasteiger partial charge < -0.3 is 0 Å². The fourth-order valence-electron chi connectivity index (χ4n) is 12.1. The fourth-order valence-corrected chi connectivity index (χ4v) is 19.0. The van der Waals surface area contributed by atoms with Crippen LogP contribution in [0.25, 0.3) is 38.4 Å². The van der Waals surface area contributed by atoms with Crippen molar-refractivity contribution in [2.75, 3.05) is 0 Å². The Labute approximate surface area is 297 Å². The number of aromatic nitrogens is 2. The summed E-state index contributed by atoms with van der Waals surface area (Å²) in [7, 11) is 3.50. The minimum atomic E-state index is -2.34. The van der Waals surface area contributed by atoms with E-state index in [2.05, 4.69) is 123 Å². The van der Waals surface area contributed by atoms with Crippen LogP contribution in [0.5, 0.6) is 0 Å². The predicted molar refractivity (Wildman–Crippen MR) is 215 cm³/mol. The number of hydrogen-bond acceptors (Lipinski definition) is 2. The number of hydrogen-bond donors (Lipinski definition) is 1. The van der Waals surface area contributed by atoms with Crippen molar-refractivity contribution < 1.29 is 0 Å². The van der Waals surface area contributed by atoms with Gasteiger partial charge in [0, 0.05) is 0 Å². The maximum atomic E-state index is 9.97. The second kappa shape index (κ2) is 11.1. The predicted octanol–water partition coefficient (Wildman–Crippen LogP) is 10.1. The molecule has 3 saturated carbocycles. The summed E-state index contributed by atoms with van der Waals surface area (Å²) < 4.78 is 2.40. The van der Waals surface area contributed by atoms with Crippen molar-refractivity contribution in [1.29, 1.82) is 5.41 Å². The van der Waals surface area contributed by atoms with E-state index < -0.39 is 6.95 Å². The maximum absolute atomic E-state index is 9.97. The molecule has 11 rings (SSSR count). The van der Waals surface area contributed by atoms with Crippen LogP contribution in [-0.2, 0) is 0 Å². The van der Waals surface area contributed by atoms with Crippen LogP contribution in [0.15, 0.2) is 97.1 Å². The van der Waals surface area contributed by atoms with Gasteiger partial charge in [-0.3, -0.25) is 0 Å². The van der Waals surface area contributed by atoms with Gasteiger partial charge in [-0.05, 0) is 0 Å². The average molecular weight is 688 g/mol. The summed E-state index contributed by atoms with van der Waals surface area (Å²) in [5, 5.41) is 16.7. The van der Waals surface area contributed by atoms with Crippen LogP contribution < -0.4 is 10.6 Å². The quantitative estimate of drug-likeness (QED) is 0.112. The normalized spacial score (nSPS) is 29.8. The first-order chi connectivity index (χ1) is 24.6. The number of pyridine rings is 1. The second-order valence-corrected chi connectivity index (χ2v) is 22.2. The van der Waals surface area contributed by atoms with Gasteiger partial charge in [0.05, 0.1) is 0 Å². The van der Waals surface area contributed by atoms with E-state index in [1.54, 1.807) is 0 Å². The van der Waals surface area contributed by atoms with E-state index in [4.69, 9.17) is 4.98 Å². The van der Waals surface area contributed by atoms with E-state index in [-0.39, 0.29) is 0 Å². The molecule has 4 aromatic carbocycles. The summed E-state index contributed by atoms with van der Waals surface area (Å²) in [5.74, 6) is 3.60. The van der Waals surface area contributed by atoms with Crippen LogP contribution in [0.3, 0.4) is 0 Å². The fraction of sp³-hybridized carbons (Fsp3) is 0.333. The SMILES string of the molecule is N=C(c1c#ccc2c1nc1c3ccccc3c3c([PH]4(P)c5ccccc5C5C=CC=CC54)cccc3n21)C1C2CCCCC2C2CCCCC21. The van der Waals surface area contributed by atoms with E-state index in [0.717, 1.165) is 39.8 Å². The van der Waals surface area contributed by atoms with Crippen molar-refractivity contribution in [2.45, 2.75) is 62.9 Å². The number of rotatable bonds is 3. The molecular weight excluding hydrogens is 644 g/mol. The Hall–Kier alpha value is -3.82. The molecule has 2 aromatic heterocycles. The van der Waals surface area contributed by atoms with Crippen molar-refractivity contribution >= 4 is 70.6 Å². The molecule has 4 aliphatic carbocycles. The molecule has 1 aliphatic heterocycles. The van der Waals surface area contributed by atoms with Crippen LogP contribution in [0.1, 0.15) is 68.4 Å². The van der Waals surface area contributed by atoms with Crippen molar-refractivity contribution in [3.05, 3.63) is 120 Å². The Balaban J connectivity index is 1.16. The second-order valence-electron chi connectivity index (χ2n) is 16.0. The Bertz CT molecular complexity index is 2430. The molecular formula is C45H43N3P2. The molecule has 0 amide bonds. The summed E-state index contributed by atoms with van der Waals surface area (Å²) in [6.45, 7) is -2.34.